The van der Waals surface area contributed by atoms with Crippen LogP contribution in [0, 0.1) is 37.8 Å². The van der Waals surface area contributed by atoms with Gasteiger partial charge in [-0.2, -0.15) is 6.08 Å². The summed E-state index contributed by atoms with van der Waals surface area (Å²) < 4.78 is 0. The van der Waals surface area contributed by atoms with Gasteiger partial charge in [0.2, 0.25) is 0 Å². The molecule has 2 unspecified atom stereocenters. The summed E-state index contributed by atoms with van der Waals surface area (Å²) in [5.41, 5.74) is 6.70. The molecule has 0 aromatic heterocycles. The Morgan fingerprint density at radius 1 is 0.812 bits per heavy atom. The van der Waals surface area contributed by atoms with Crippen molar-refractivity contribution >= 4 is 23.8 Å². The molecule has 0 N–H and O–H groups in total. The molecule has 2 nitrogen and oxygen atoms in total. The maximum Gasteiger partial charge on any atom is 1.00 e. The molecule has 0 bridgehead atoms. The van der Waals surface area contributed by atoms with Gasteiger partial charge in [0.15, 0.2) is 12.0 Å². The molecule has 2 aliphatic rings. The van der Waals surface area contributed by atoms with Crippen LogP contribution in [0.2, 0.25) is 0 Å². The third kappa shape index (κ3) is 8.15. The number of hydrogen-bond donors (Lipinski definition) is 0. The van der Waals surface area contributed by atoms with Crippen LogP contribution in [0.4, 0.5) is 11.4 Å². The molecule has 0 fully saturated rings. The topological polar surface area (TPSA) is 24.7 Å². The van der Waals surface area contributed by atoms with Crippen molar-refractivity contribution in [3.05, 3.63) is 96.1 Å². The van der Waals surface area contributed by atoms with Crippen molar-refractivity contribution in [1.29, 1.82) is 0 Å². The van der Waals surface area contributed by atoms with Crippen LogP contribution in [-0.2, 0) is 55.3 Å². The van der Waals surface area contributed by atoms with Crippen LogP contribution < -0.4 is 24.8 Å². The van der Waals surface area contributed by atoms with E-state index in [-0.39, 0.29) is 92.0 Å². The predicted molar refractivity (Wildman–Crippen MR) is 119 cm³/mol. The summed E-state index contributed by atoms with van der Waals surface area (Å²) in [5, 5.41) is 0. The van der Waals surface area contributed by atoms with Crippen LogP contribution in [0.5, 0.6) is 0 Å². The van der Waals surface area contributed by atoms with Crippen LogP contribution in [0.25, 0.3) is 11.1 Å². The van der Waals surface area contributed by atoms with Gasteiger partial charge >= 0.3 is 55.3 Å². The standard InChI is InChI=1S/C26H22N2.2ClH.2Hg/c1-19-15-23(11-13-25(19)27-17-21-7-3-4-8-21)24-12-14-26(20(2)16-24)28-18-22-9-5-6-10-22;;;;/h3-7,9,11-18,21-22H,1-2H3;2*1H;;/q;;;2*+1/p-2. The number of benzene rings is 2. The van der Waals surface area contributed by atoms with E-state index < -0.39 is 0 Å². The van der Waals surface area contributed by atoms with E-state index in [0.29, 0.717) is 0 Å². The van der Waals surface area contributed by atoms with Crippen molar-refractivity contribution in [3.63, 3.8) is 0 Å². The fourth-order valence-corrected chi connectivity index (χ4v) is 3.26. The molecule has 2 radical (unpaired) electrons. The van der Waals surface area contributed by atoms with Crippen LogP contribution in [0.3, 0.4) is 0 Å². The third-order valence-corrected chi connectivity index (χ3v) is 4.88. The second-order valence-corrected chi connectivity index (χ2v) is 7.05. The Bertz CT molecular complexity index is 960. The minimum Gasteiger partial charge on any atom is -1.00 e. The molecule has 0 heterocycles. The summed E-state index contributed by atoms with van der Waals surface area (Å²) in [5.74, 6) is 0.366. The number of allylic oxidation sites excluding steroid dienone is 8. The van der Waals surface area contributed by atoms with Gasteiger partial charge in [0, 0.05) is 12.3 Å². The van der Waals surface area contributed by atoms with Gasteiger partial charge in [-0.1, -0.05) is 18.1 Å². The van der Waals surface area contributed by atoms with Gasteiger partial charge in [0.05, 0.1) is 23.5 Å². The summed E-state index contributed by atoms with van der Waals surface area (Å²) in [6, 6.07) is 12.8. The van der Waals surface area contributed by atoms with Crippen molar-refractivity contribution in [3.8, 4) is 11.1 Å². The second-order valence-electron chi connectivity index (χ2n) is 7.05. The predicted octanol–water partition coefficient (Wildman–Crippen LogP) is 0.469. The van der Waals surface area contributed by atoms with E-state index in [2.05, 4.69) is 84.5 Å². The maximum atomic E-state index is 4.62. The van der Waals surface area contributed by atoms with Crippen LogP contribution in [0.1, 0.15) is 11.1 Å². The fraction of sp³-hybridized carbons (Fsp3) is 0.154. The minimum atomic E-state index is 0. The molecule has 2 aromatic carbocycles. The molecule has 0 amide bonds. The Hall–Kier alpha value is -0.900. The molecule has 154 valence electrons. The second kappa shape index (κ2) is 15.1. The summed E-state index contributed by atoms with van der Waals surface area (Å²) in [7, 11) is 0. The van der Waals surface area contributed by atoms with Crippen molar-refractivity contribution in [2.45, 2.75) is 13.8 Å². The fourth-order valence-electron chi connectivity index (χ4n) is 3.26. The van der Waals surface area contributed by atoms with E-state index in [0.717, 1.165) is 22.5 Å². The monoisotopic (exact) mass is 836 g/mol. The van der Waals surface area contributed by atoms with E-state index in [1.165, 1.54) is 11.1 Å². The smallest absolute Gasteiger partial charge is 1.00 e. The zero-order chi connectivity index (χ0) is 19.3. The molecule has 2 atom stereocenters. The molecule has 2 aromatic rings. The van der Waals surface area contributed by atoms with E-state index >= 15 is 0 Å². The van der Waals surface area contributed by atoms with Gasteiger partial charge in [0.25, 0.3) is 0 Å². The Kier molecular flexibility index (Phi) is 14.7. The Labute approximate surface area is 244 Å². The van der Waals surface area contributed by atoms with Crippen molar-refractivity contribution < 1.29 is 80.2 Å². The summed E-state index contributed by atoms with van der Waals surface area (Å²) in [6.07, 6.45) is 22.3. The van der Waals surface area contributed by atoms with Gasteiger partial charge in [-0.05, 0) is 66.6 Å². The molecular formula is C26H22Cl2Hg2N2. The molecular weight excluding hydrogens is 812 g/mol. The normalized spacial score (nSPS) is 17.6. The van der Waals surface area contributed by atoms with E-state index in [1.807, 2.05) is 36.7 Å². The SMILES string of the molecule is Cc1cc(-c2ccc(N=CC3[C-]=CC=C3)c(C)c2)ccc1N=CC1[C+]=CC=C1.[Cl-].[Cl-].[Hg+].[Hg+]. The van der Waals surface area contributed by atoms with E-state index in [4.69, 9.17) is 0 Å². The van der Waals surface area contributed by atoms with Gasteiger partial charge in [-0.15, -0.1) is 0 Å². The van der Waals surface area contributed by atoms with Crippen LogP contribution >= 0.6 is 0 Å². The quantitative estimate of drug-likeness (QED) is 0.238. The van der Waals surface area contributed by atoms with E-state index in [9.17, 15) is 0 Å². The zero-order valence-electron chi connectivity index (χ0n) is 18.3. The van der Waals surface area contributed by atoms with Crippen molar-refractivity contribution in [2.75, 3.05) is 0 Å². The maximum absolute atomic E-state index is 4.62. The Balaban J connectivity index is 0.00000240. The van der Waals surface area contributed by atoms with E-state index in [1.54, 1.807) is 0 Å². The average molecular weight is 835 g/mol. The number of halogens is 2. The first-order valence-corrected chi connectivity index (χ1v) is 9.51. The van der Waals surface area contributed by atoms with Crippen LogP contribution in [0.15, 0.2) is 82.8 Å². The third-order valence-electron chi connectivity index (χ3n) is 4.88. The number of aryl methyl sites for hydroxylation is 2. The largest absolute Gasteiger partial charge is 1.00 e. The van der Waals surface area contributed by atoms with Crippen molar-refractivity contribution in [2.24, 2.45) is 21.8 Å². The molecule has 0 spiro atoms. The molecule has 0 saturated carbocycles. The van der Waals surface area contributed by atoms with Crippen LogP contribution in [-0.4, -0.2) is 12.4 Å². The first-order valence-electron chi connectivity index (χ1n) is 9.51. The number of hydrogen-bond acceptors (Lipinski definition) is 2. The molecule has 6 heteroatoms. The Morgan fingerprint density at radius 2 is 1.41 bits per heavy atom. The Morgan fingerprint density at radius 3 is 1.88 bits per heavy atom. The summed E-state index contributed by atoms with van der Waals surface area (Å²) in [4.78, 5) is 9.25. The summed E-state index contributed by atoms with van der Waals surface area (Å²) in [6.45, 7) is 4.20. The molecule has 0 aliphatic heterocycles. The first kappa shape index (κ1) is 31.1. The first-order chi connectivity index (χ1) is 13.7. The number of aliphatic imine (C=N–C) groups is 2. The van der Waals surface area contributed by atoms with Gasteiger partial charge in [0.1, 0.15) is 0 Å². The number of nitrogens with zero attached hydrogens (tertiary/aromatic N) is 2. The molecule has 32 heavy (non-hydrogen) atoms. The molecule has 2 aliphatic carbocycles. The minimum absolute atomic E-state index is 0. The molecule has 0 saturated heterocycles. The van der Waals surface area contributed by atoms with Gasteiger partial charge in [-0.3, -0.25) is 16.1 Å². The zero-order valence-corrected chi connectivity index (χ0v) is 30.8. The van der Waals surface area contributed by atoms with Crippen molar-refractivity contribution in [1.82, 2.24) is 0 Å². The van der Waals surface area contributed by atoms with Gasteiger partial charge < -0.3 is 24.8 Å². The average Bonchev–Trinajstić information content (AvgIpc) is 3.40. The summed E-state index contributed by atoms with van der Waals surface area (Å²) >= 11 is 0. The number of rotatable bonds is 5. The van der Waals surface area contributed by atoms with Gasteiger partial charge in [-0.25, -0.2) is 12.2 Å². The molecule has 4 rings (SSSR count).